The van der Waals surface area contributed by atoms with Crippen molar-refractivity contribution in [3.8, 4) is 5.75 Å². The second-order valence-corrected chi connectivity index (χ2v) is 7.44. The van der Waals surface area contributed by atoms with E-state index in [9.17, 15) is 4.79 Å². The summed E-state index contributed by atoms with van der Waals surface area (Å²) in [5.74, 6) is 0.310. The molecule has 0 radical (unpaired) electrons. The minimum absolute atomic E-state index is 0.104. The summed E-state index contributed by atoms with van der Waals surface area (Å²) in [5, 5.41) is 4.06. The maximum Gasteiger partial charge on any atom is 0.344 e. The normalized spacial score (nSPS) is 16.5. The van der Waals surface area contributed by atoms with Crippen molar-refractivity contribution < 1.29 is 14.3 Å². The number of ether oxygens (including phenoxy) is 2. The lowest BCUT2D eigenvalue weighted by Crippen LogP contribution is -2.29. The van der Waals surface area contributed by atoms with E-state index in [4.69, 9.17) is 21.1 Å². The van der Waals surface area contributed by atoms with Gasteiger partial charge in [0.15, 0.2) is 6.61 Å². The van der Waals surface area contributed by atoms with E-state index in [1.165, 1.54) is 0 Å². The molecule has 134 valence electrons. The topological polar surface area (TPSA) is 50.8 Å². The van der Waals surface area contributed by atoms with Crippen LogP contribution in [0, 0.1) is 0 Å². The van der Waals surface area contributed by atoms with Gasteiger partial charge in [0.1, 0.15) is 11.4 Å². The quantitative estimate of drug-likeness (QED) is 0.824. The monoisotopic (exact) mass is 354 g/mol. The Hall–Kier alpha value is -1.30. The summed E-state index contributed by atoms with van der Waals surface area (Å²) in [5.41, 5.74) is 0.482. The van der Waals surface area contributed by atoms with Crippen LogP contribution in [0.1, 0.15) is 32.8 Å². The Morgan fingerprint density at radius 1 is 1.29 bits per heavy atom. The molecule has 1 aliphatic heterocycles. The number of halogens is 1. The molecule has 0 aromatic heterocycles. The molecule has 0 saturated carbocycles. The Morgan fingerprint density at radius 3 is 2.83 bits per heavy atom. The van der Waals surface area contributed by atoms with Crippen LogP contribution in [0.25, 0.3) is 0 Å². The maximum atomic E-state index is 11.9. The summed E-state index contributed by atoms with van der Waals surface area (Å²) in [6, 6.07) is 5.50. The molecule has 0 unspecified atom stereocenters. The van der Waals surface area contributed by atoms with Crippen LogP contribution in [0.5, 0.6) is 5.75 Å². The lowest BCUT2D eigenvalue weighted by Gasteiger charge is -2.22. The minimum atomic E-state index is -0.512. The summed E-state index contributed by atoms with van der Waals surface area (Å²) in [6.45, 7) is 10.2. The highest BCUT2D eigenvalue weighted by atomic mass is 35.5. The predicted octanol–water partition coefficient (Wildman–Crippen LogP) is 2.86. The summed E-state index contributed by atoms with van der Waals surface area (Å²) >= 11 is 6.14. The number of nitrogens with one attached hydrogen (secondary N) is 1. The van der Waals surface area contributed by atoms with E-state index in [-0.39, 0.29) is 12.6 Å². The summed E-state index contributed by atoms with van der Waals surface area (Å²) < 4.78 is 11.0. The summed E-state index contributed by atoms with van der Waals surface area (Å²) in [7, 11) is 0. The molecule has 2 rings (SSSR count). The average Bonchev–Trinajstić information content (AvgIpc) is 2.73. The van der Waals surface area contributed by atoms with Gasteiger partial charge in [-0.15, -0.1) is 0 Å². The van der Waals surface area contributed by atoms with E-state index in [0.717, 1.165) is 44.7 Å². The number of esters is 1. The van der Waals surface area contributed by atoms with Gasteiger partial charge in [-0.3, -0.25) is 4.90 Å². The zero-order valence-corrected chi connectivity index (χ0v) is 15.5. The van der Waals surface area contributed by atoms with E-state index >= 15 is 0 Å². The van der Waals surface area contributed by atoms with Crippen molar-refractivity contribution in [2.45, 2.75) is 39.3 Å². The summed E-state index contributed by atoms with van der Waals surface area (Å²) in [4.78, 5) is 14.2. The zero-order valence-electron chi connectivity index (χ0n) is 14.7. The first kappa shape index (κ1) is 19.0. The third kappa shape index (κ3) is 6.67. The van der Waals surface area contributed by atoms with Crippen molar-refractivity contribution in [3.05, 3.63) is 28.8 Å². The molecular formula is C18H27ClN2O3. The van der Waals surface area contributed by atoms with Crippen LogP contribution in [-0.4, -0.2) is 49.3 Å². The first-order valence-corrected chi connectivity index (χ1v) is 8.77. The van der Waals surface area contributed by atoms with E-state index < -0.39 is 5.60 Å². The van der Waals surface area contributed by atoms with Crippen molar-refractivity contribution >= 4 is 17.6 Å². The van der Waals surface area contributed by atoms with Crippen molar-refractivity contribution in [1.29, 1.82) is 0 Å². The molecule has 5 nitrogen and oxygen atoms in total. The van der Waals surface area contributed by atoms with Crippen molar-refractivity contribution in [1.82, 2.24) is 10.2 Å². The molecule has 1 aromatic carbocycles. The Bertz CT molecular complexity index is 550. The maximum absolute atomic E-state index is 11.9. The number of nitrogens with zero attached hydrogens (tertiary/aromatic N) is 1. The molecule has 1 heterocycles. The Balaban J connectivity index is 2.00. The average molecular weight is 355 g/mol. The van der Waals surface area contributed by atoms with Crippen LogP contribution in [0.4, 0.5) is 0 Å². The number of benzene rings is 1. The first-order valence-electron chi connectivity index (χ1n) is 8.40. The van der Waals surface area contributed by atoms with Crippen molar-refractivity contribution in [3.63, 3.8) is 0 Å². The van der Waals surface area contributed by atoms with Gasteiger partial charge in [-0.2, -0.15) is 0 Å². The standard InChI is InChI=1S/C18H27ClN2O3/c1-18(2,3)24-17(22)13-23-16-6-5-15(19)11-14(16)12-21-9-4-7-20-8-10-21/h5-6,11,20H,4,7-10,12-13H2,1-3H3. The van der Waals surface area contributed by atoms with Crippen LogP contribution in [0.15, 0.2) is 18.2 Å². The van der Waals surface area contributed by atoms with Gasteiger partial charge in [0.2, 0.25) is 0 Å². The molecule has 1 N–H and O–H groups in total. The van der Waals surface area contributed by atoms with Crippen LogP contribution >= 0.6 is 11.6 Å². The van der Waals surface area contributed by atoms with Gasteiger partial charge in [0, 0.05) is 30.2 Å². The zero-order chi connectivity index (χ0) is 17.6. The number of rotatable bonds is 5. The SMILES string of the molecule is CC(C)(C)OC(=O)COc1ccc(Cl)cc1CN1CCCNCC1. The third-order valence-electron chi connectivity index (χ3n) is 3.61. The number of hydrogen-bond donors (Lipinski definition) is 1. The second kappa shape index (κ2) is 8.70. The molecule has 1 aliphatic rings. The predicted molar refractivity (Wildman–Crippen MR) is 95.6 cm³/mol. The van der Waals surface area contributed by atoms with Gasteiger partial charge < -0.3 is 14.8 Å². The first-order chi connectivity index (χ1) is 11.3. The molecule has 1 saturated heterocycles. The largest absolute Gasteiger partial charge is 0.482 e. The van der Waals surface area contributed by atoms with Crippen LogP contribution in [0.3, 0.4) is 0 Å². The second-order valence-electron chi connectivity index (χ2n) is 7.01. The Labute approximate surface area is 149 Å². The fourth-order valence-corrected chi connectivity index (χ4v) is 2.82. The van der Waals surface area contributed by atoms with Gasteiger partial charge >= 0.3 is 5.97 Å². The third-order valence-corrected chi connectivity index (χ3v) is 3.85. The lowest BCUT2D eigenvalue weighted by atomic mass is 10.2. The Morgan fingerprint density at radius 2 is 2.08 bits per heavy atom. The molecular weight excluding hydrogens is 328 g/mol. The van der Waals surface area contributed by atoms with Crippen molar-refractivity contribution in [2.75, 3.05) is 32.8 Å². The number of hydrogen-bond acceptors (Lipinski definition) is 5. The van der Waals surface area contributed by atoms with Crippen molar-refractivity contribution in [2.24, 2.45) is 0 Å². The highest BCUT2D eigenvalue weighted by Gasteiger charge is 2.18. The molecule has 0 aliphatic carbocycles. The van der Waals surface area contributed by atoms with E-state index in [1.807, 2.05) is 32.9 Å². The highest BCUT2D eigenvalue weighted by Crippen LogP contribution is 2.25. The molecule has 6 heteroatoms. The molecule has 1 aromatic rings. The van der Waals surface area contributed by atoms with Crippen LogP contribution < -0.4 is 10.1 Å². The van der Waals surface area contributed by atoms with Gasteiger partial charge in [0.05, 0.1) is 0 Å². The van der Waals surface area contributed by atoms with E-state index in [0.29, 0.717) is 10.8 Å². The number of carbonyl (C=O) groups excluding carboxylic acids is 1. The number of carbonyl (C=O) groups is 1. The van der Waals surface area contributed by atoms with E-state index in [1.54, 1.807) is 6.07 Å². The molecule has 0 atom stereocenters. The highest BCUT2D eigenvalue weighted by molar-refractivity contribution is 6.30. The molecule has 0 amide bonds. The fourth-order valence-electron chi connectivity index (χ4n) is 2.62. The lowest BCUT2D eigenvalue weighted by molar-refractivity contribution is -0.157. The van der Waals surface area contributed by atoms with E-state index in [2.05, 4.69) is 10.2 Å². The smallest absolute Gasteiger partial charge is 0.344 e. The van der Waals surface area contributed by atoms with Gasteiger partial charge in [0.25, 0.3) is 0 Å². The van der Waals surface area contributed by atoms with Crippen LogP contribution in [0.2, 0.25) is 5.02 Å². The van der Waals surface area contributed by atoms with Gasteiger partial charge in [-0.25, -0.2) is 4.79 Å². The molecule has 0 bridgehead atoms. The summed E-state index contributed by atoms with van der Waals surface area (Å²) in [6.07, 6.45) is 1.12. The Kier molecular flexibility index (Phi) is 6.90. The van der Waals surface area contributed by atoms with Gasteiger partial charge in [-0.05, 0) is 58.5 Å². The molecule has 0 spiro atoms. The van der Waals surface area contributed by atoms with Gasteiger partial charge in [-0.1, -0.05) is 11.6 Å². The van der Waals surface area contributed by atoms with Crippen LogP contribution in [-0.2, 0) is 16.1 Å². The fraction of sp³-hybridized carbons (Fsp3) is 0.611. The molecule has 24 heavy (non-hydrogen) atoms. The minimum Gasteiger partial charge on any atom is -0.482 e. The molecule has 1 fully saturated rings.